The molecule has 2 aromatic heterocycles. The molecule has 0 spiro atoms. The highest BCUT2D eigenvalue weighted by Gasteiger charge is 2.13. The van der Waals surface area contributed by atoms with Crippen LogP contribution in [-0.2, 0) is 13.1 Å². The lowest BCUT2D eigenvalue weighted by Crippen LogP contribution is -2.24. The van der Waals surface area contributed by atoms with E-state index in [4.69, 9.17) is 0 Å². The van der Waals surface area contributed by atoms with Crippen LogP contribution in [0.5, 0.6) is 0 Å². The average Bonchev–Trinajstić information content (AvgIpc) is 3.06. The lowest BCUT2D eigenvalue weighted by Gasteiger charge is -2.10. The first-order valence-corrected chi connectivity index (χ1v) is 8.58. The zero-order valence-electron chi connectivity index (χ0n) is 14.5. The van der Waals surface area contributed by atoms with Crippen LogP contribution in [0.1, 0.15) is 21.7 Å². The van der Waals surface area contributed by atoms with Gasteiger partial charge in [0.25, 0.3) is 5.91 Å². The second-order valence-electron chi connectivity index (χ2n) is 6.14. The highest BCUT2D eigenvalue weighted by atomic mass is 19.1. The third kappa shape index (κ3) is 3.69. The number of nitrogens with zero attached hydrogens (tertiary/aromatic N) is 3. The molecule has 0 fully saturated rings. The van der Waals surface area contributed by atoms with E-state index in [0.717, 1.165) is 16.7 Å². The molecule has 0 unspecified atom stereocenters. The van der Waals surface area contributed by atoms with Gasteiger partial charge in [0.05, 0.1) is 13.1 Å². The van der Waals surface area contributed by atoms with Gasteiger partial charge in [-0.25, -0.2) is 14.4 Å². The van der Waals surface area contributed by atoms with Gasteiger partial charge < -0.3 is 9.88 Å². The first-order valence-electron chi connectivity index (χ1n) is 8.58. The van der Waals surface area contributed by atoms with E-state index < -0.39 is 0 Å². The van der Waals surface area contributed by atoms with Gasteiger partial charge in [0.1, 0.15) is 17.2 Å². The van der Waals surface area contributed by atoms with Crippen molar-refractivity contribution in [1.29, 1.82) is 0 Å². The molecule has 1 amide bonds. The Morgan fingerprint density at radius 2 is 1.78 bits per heavy atom. The van der Waals surface area contributed by atoms with Crippen molar-refractivity contribution in [2.24, 2.45) is 0 Å². The summed E-state index contributed by atoms with van der Waals surface area (Å²) in [6.07, 6.45) is 1.71. The van der Waals surface area contributed by atoms with Crippen LogP contribution < -0.4 is 5.32 Å². The Morgan fingerprint density at radius 3 is 2.56 bits per heavy atom. The van der Waals surface area contributed by atoms with Gasteiger partial charge in [0.15, 0.2) is 5.65 Å². The van der Waals surface area contributed by atoms with E-state index >= 15 is 0 Å². The van der Waals surface area contributed by atoms with Crippen LogP contribution >= 0.6 is 0 Å². The number of carbonyl (C=O) groups is 1. The van der Waals surface area contributed by atoms with Crippen molar-refractivity contribution in [2.75, 3.05) is 0 Å². The molecule has 0 saturated carbocycles. The Balaban J connectivity index is 1.61. The van der Waals surface area contributed by atoms with Crippen molar-refractivity contribution in [2.45, 2.75) is 13.1 Å². The van der Waals surface area contributed by atoms with E-state index in [1.54, 1.807) is 30.5 Å². The summed E-state index contributed by atoms with van der Waals surface area (Å²) in [5.74, 6) is 0.254. The molecule has 0 bridgehead atoms. The molecule has 4 rings (SSSR count). The smallest absolute Gasteiger partial charge is 0.251 e. The van der Waals surface area contributed by atoms with Crippen molar-refractivity contribution in [3.8, 4) is 0 Å². The number of imidazole rings is 1. The van der Waals surface area contributed by atoms with Crippen LogP contribution in [0.15, 0.2) is 72.9 Å². The highest BCUT2D eigenvalue weighted by molar-refractivity contribution is 5.94. The fourth-order valence-electron chi connectivity index (χ4n) is 2.93. The van der Waals surface area contributed by atoms with Crippen molar-refractivity contribution >= 4 is 17.1 Å². The minimum absolute atomic E-state index is 0.163. The van der Waals surface area contributed by atoms with E-state index in [-0.39, 0.29) is 18.3 Å². The topological polar surface area (TPSA) is 59.8 Å². The monoisotopic (exact) mass is 360 g/mol. The second kappa shape index (κ2) is 7.37. The Hall–Kier alpha value is -3.54. The summed E-state index contributed by atoms with van der Waals surface area (Å²) < 4.78 is 15.1. The number of pyridine rings is 1. The average molecular weight is 360 g/mol. The molecular formula is C21H17FN4O. The fourth-order valence-corrected chi connectivity index (χ4v) is 2.93. The third-order valence-corrected chi connectivity index (χ3v) is 4.28. The van der Waals surface area contributed by atoms with E-state index in [9.17, 15) is 9.18 Å². The summed E-state index contributed by atoms with van der Waals surface area (Å²) in [6, 6.07) is 19.1. The van der Waals surface area contributed by atoms with Crippen LogP contribution in [-0.4, -0.2) is 20.4 Å². The summed E-state index contributed by atoms with van der Waals surface area (Å²) in [6.45, 7) is 0.760. The Bertz CT molecular complexity index is 1070. The van der Waals surface area contributed by atoms with Crippen LogP contribution in [0.3, 0.4) is 0 Å². The van der Waals surface area contributed by atoms with E-state index in [1.807, 2.05) is 34.9 Å². The Kier molecular flexibility index (Phi) is 4.61. The zero-order chi connectivity index (χ0) is 18.6. The molecule has 4 aromatic rings. The fraction of sp³-hybridized carbons (Fsp3) is 0.0952. The van der Waals surface area contributed by atoms with Gasteiger partial charge in [-0.3, -0.25) is 4.79 Å². The van der Waals surface area contributed by atoms with E-state index in [0.29, 0.717) is 17.9 Å². The summed E-state index contributed by atoms with van der Waals surface area (Å²) in [7, 11) is 0. The predicted molar refractivity (Wildman–Crippen MR) is 101 cm³/mol. The summed E-state index contributed by atoms with van der Waals surface area (Å²) in [5, 5.41) is 2.90. The van der Waals surface area contributed by atoms with Crippen LogP contribution in [0.2, 0.25) is 0 Å². The molecule has 27 heavy (non-hydrogen) atoms. The summed E-state index contributed by atoms with van der Waals surface area (Å²) in [4.78, 5) is 21.4. The molecular weight excluding hydrogens is 343 g/mol. The largest absolute Gasteiger partial charge is 0.345 e. The van der Waals surface area contributed by atoms with Crippen molar-refractivity contribution in [3.63, 3.8) is 0 Å². The number of halogens is 1. The molecule has 2 aromatic carbocycles. The molecule has 1 N–H and O–H groups in total. The highest BCUT2D eigenvalue weighted by Crippen LogP contribution is 2.16. The maximum absolute atomic E-state index is 13.2. The maximum Gasteiger partial charge on any atom is 0.251 e. The zero-order valence-corrected chi connectivity index (χ0v) is 14.5. The predicted octanol–water partition coefficient (Wildman–Crippen LogP) is 3.55. The first kappa shape index (κ1) is 16.9. The first-order chi connectivity index (χ1) is 13.2. The van der Waals surface area contributed by atoms with Gasteiger partial charge in [0, 0.05) is 11.8 Å². The normalized spacial score (nSPS) is 10.9. The Labute approximate surface area is 155 Å². The molecule has 0 aliphatic heterocycles. The molecule has 0 aliphatic carbocycles. The number of nitrogens with one attached hydrogen (secondary N) is 1. The van der Waals surface area contributed by atoms with Gasteiger partial charge in [0.2, 0.25) is 0 Å². The van der Waals surface area contributed by atoms with Crippen molar-refractivity contribution < 1.29 is 9.18 Å². The molecule has 6 heteroatoms. The molecule has 134 valence electrons. The maximum atomic E-state index is 13.2. The number of rotatable bonds is 5. The summed E-state index contributed by atoms with van der Waals surface area (Å²) >= 11 is 0. The number of amides is 1. The number of hydrogen-bond acceptors (Lipinski definition) is 3. The number of hydrogen-bond donors (Lipinski definition) is 1. The van der Waals surface area contributed by atoms with Gasteiger partial charge in [-0.1, -0.05) is 30.3 Å². The SMILES string of the molecule is O=C(NCc1nc2cccnc2n1Cc1ccc(F)cc1)c1ccccc1. The lowest BCUT2D eigenvalue weighted by atomic mass is 10.2. The van der Waals surface area contributed by atoms with Crippen LogP contribution in [0.4, 0.5) is 4.39 Å². The van der Waals surface area contributed by atoms with Crippen LogP contribution in [0.25, 0.3) is 11.2 Å². The Morgan fingerprint density at radius 1 is 1.00 bits per heavy atom. The molecule has 0 atom stereocenters. The van der Waals surface area contributed by atoms with E-state index in [1.165, 1.54) is 12.1 Å². The van der Waals surface area contributed by atoms with Crippen molar-refractivity contribution in [1.82, 2.24) is 19.9 Å². The lowest BCUT2D eigenvalue weighted by molar-refractivity contribution is 0.0949. The number of benzene rings is 2. The van der Waals surface area contributed by atoms with Gasteiger partial charge >= 0.3 is 0 Å². The minimum Gasteiger partial charge on any atom is -0.345 e. The molecule has 0 saturated heterocycles. The summed E-state index contributed by atoms with van der Waals surface area (Å²) in [5.41, 5.74) is 3.00. The molecule has 0 radical (unpaired) electrons. The minimum atomic E-state index is -0.275. The van der Waals surface area contributed by atoms with E-state index in [2.05, 4.69) is 15.3 Å². The number of aromatic nitrogens is 3. The van der Waals surface area contributed by atoms with Crippen LogP contribution in [0, 0.1) is 5.82 Å². The number of fused-ring (bicyclic) bond motifs is 1. The van der Waals surface area contributed by atoms with Gasteiger partial charge in [-0.05, 0) is 42.0 Å². The molecule has 0 aliphatic rings. The van der Waals surface area contributed by atoms with Gasteiger partial charge in [-0.15, -0.1) is 0 Å². The standard InChI is InChI=1S/C21H17FN4O/c22-17-10-8-15(9-11-17)14-26-19(25-18-7-4-12-23-20(18)26)13-24-21(27)16-5-2-1-3-6-16/h1-12H,13-14H2,(H,24,27). The van der Waals surface area contributed by atoms with Gasteiger partial charge in [-0.2, -0.15) is 0 Å². The van der Waals surface area contributed by atoms with Crippen molar-refractivity contribution in [3.05, 3.63) is 95.7 Å². The quantitative estimate of drug-likeness (QED) is 0.592. The molecule has 2 heterocycles. The number of carbonyl (C=O) groups excluding carboxylic acids is 1. The molecule has 5 nitrogen and oxygen atoms in total. The third-order valence-electron chi connectivity index (χ3n) is 4.28. The second-order valence-corrected chi connectivity index (χ2v) is 6.14.